The molecule has 1 aromatic heterocycles. The molecule has 0 fully saturated rings. The maximum absolute atomic E-state index is 12.4. The lowest BCUT2D eigenvalue weighted by molar-refractivity contribution is -0.140. The fraction of sp³-hybridized carbons (Fsp3) is 0.250. The maximum atomic E-state index is 12.4. The molecule has 1 aliphatic heterocycles. The minimum atomic E-state index is -0.726. The molecule has 0 radical (unpaired) electrons. The van der Waals surface area contributed by atoms with E-state index in [1.807, 2.05) is 29.0 Å². The summed E-state index contributed by atoms with van der Waals surface area (Å²) >= 11 is 1.60. The van der Waals surface area contributed by atoms with Crippen molar-refractivity contribution in [2.24, 2.45) is 0 Å². The summed E-state index contributed by atoms with van der Waals surface area (Å²) in [5.41, 5.74) is 2.51. The van der Waals surface area contributed by atoms with E-state index in [0.29, 0.717) is 18.5 Å². The number of ether oxygens (including phenoxy) is 1. The molecule has 4 nitrogen and oxygen atoms in total. The van der Waals surface area contributed by atoms with Crippen molar-refractivity contribution < 1.29 is 14.3 Å². The van der Waals surface area contributed by atoms with E-state index in [0.717, 1.165) is 11.1 Å². The van der Waals surface area contributed by atoms with Crippen LogP contribution < -0.4 is 0 Å². The summed E-state index contributed by atoms with van der Waals surface area (Å²) in [6.45, 7) is 0.526. The van der Waals surface area contributed by atoms with Gasteiger partial charge in [0.2, 0.25) is 0 Å². The molecule has 3 rings (SSSR count). The average Bonchev–Trinajstić information content (AvgIpc) is 2.99. The Balaban J connectivity index is 1.73. The van der Waals surface area contributed by atoms with Crippen LogP contribution >= 0.6 is 11.3 Å². The zero-order chi connectivity index (χ0) is 14.8. The molecule has 108 valence electrons. The first-order valence-electron chi connectivity index (χ1n) is 6.70. The lowest BCUT2D eigenvalue weighted by atomic mass is 9.98. The molecule has 21 heavy (non-hydrogen) atoms. The molecule has 2 aromatic rings. The average molecular weight is 301 g/mol. The van der Waals surface area contributed by atoms with Gasteiger partial charge in [0.1, 0.15) is 0 Å². The summed E-state index contributed by atoms with van der Waals surface area (Å²) in [6.07, 6.45) is -0.287. The fourth-order valence-corrected chi connectivity index (χ4v) is 3.11. The Bertz CT molecular complexity index is 666. The van der Waals surface area contributed by atoms with Crippen LogP contribution in [0.15, 0.2) is 41.1 Å². The van der Waals surface area contributed by atoms with E-state index in [9.17, 15) is 9.59 Å². The van der Waals surface area contributed by atoms with Gasteiger partial charge in [-0.2, -0.15) is 11.3 Å². The van der Waals surface area contributed by atoms with Gasteiger partial charge in [0.15, 0.2) is 6.10 Å². The number of fused-ring (bicyclic) bond motifs is 1. The molecule has 0 bridgehead atoms. The first-order chi connectivity index (χ1) is 10.1. The standard InChI is InChI=1S/C16H15NO3S/c1-17(9-11-6-7-21-10-11)15(18)14-8-12-4-2-3-5-13(12)16(19)20-14/h2-7,10,14H,8-9H2,1H3. The number of thiophene rings is 1. The highest BCUT2D eigenvalue weighted by Gasteiger charge is 2.32. The Morgan fingerprint density at radius 2 is 2.19 bits per heavy atom. The Morgan fingerprint density at radius 1 is 1.38 bits per heavy atom. The van der Waals surface area contributed by atoms with E-state index in [2.05, 4.69) is 0 Å². The lowest BCUT2D eigenvalue weighted by Crippen LogP contribution is -2.42. The van der Waals surface area contributed by atoms with E-state index in [4.69, 9.17) is 4.74 Å². The molecule has 2 heterocycles. The molecular formula is C16H15NO3S. The Labute approximate surface area is 127 Å². The van der Waals surface area contributed by atoms with E-state index < -0.39 is 12.1 Å². The topological polar surface area (TPSA) is 46.6 Å². The number of carbonyl (C=O) groups excluding carboxylic acids is 2. The summed E-state index contributed by atoms with van der Waals surface area (Å²) in [4.78, 5) is 26.0. The van der Waals surface area contributed by atoms with Crippen LogP contribution in [0.2, 0.25) is 0 Å². The highest BCUT2D eigenvalue weighted by molar-refractivity contribution is 7.07. The maximum Gasteiger partial charge on any atom is 0.339 e. The number of likely N-dealkylation sites (N-methyl/N-ethyl adjacent to an activating group) is 1. The zero-order valence-corrected chi connectivity index (χ0v) is 12.4. The molecule has 0 N–H and O–H groups in total. The van der Waals surface area contributed by atoms with Crippen LogP contribution in [0.3, 0.4) is 0 Å². The molecule has 1 aliphatic rings. The number of hydrogen-bond donors (Lipinski definition) is 0. The third-order valence-electron chi connectivity index (χ3n) is 3.54. The third kappa shape index (κ3) is 2.83. The van der Waals surface area contributed by atoms with Crippen molar-refractivity contribution in [1.29, 1.82) is 0 Å². The first-order valence-corrected chi connectivity index (χ1v) is 7.64. The summed E-state index contributed by atoms with van der Waals surface area (Å²) in [7, 11) is 1.73. The summed E-state index contributed by atoms with van der Waals surface area (Å²) in [6, 6.07) is 9.25. The Kier molecular flexibility index (Phi) is 3.75. The fourth-order valence-electron chi connectivity index (χ4n) is 2.45. The van der Waals surface area contributed by atoms with Gasteiger partial charge in [0, 0.05) is 20.0 Å². The second-order valence-corrected chi connectivity index (χ2v) is 5.86. The molecule has 1 amide bonds. The Morgan fingerprint density at radius 3 is 2.95 bits per heavy atom. The second kappa shape index (κ2) is 5.69. The lowest BCUT2D eigenvalue weighted by Gasteiger charge is -2.27. The van der Waals surface area contributed by atoms with Crippen LogP contribution in [-0.2, 0) is 22.5 Å². The first kappa shape index (κ1) is 13.8. The van der Waals surface area contributed by atoms with Gasteiger partial charge in [-0.25, -0.2) is 4.79 Å². The van der Waals surface area contributed by atoms with Gasteiger partial charge in [-0.1, -0.05) is 18.2 Å². The van der Waals surface area contributed by atoms with Crippen LogP contribution in [0.4, 0.5) is 0 Å². The predicted octanol–water partition coefficient (Wildman–Crippen LogP) is 2.49. The molecule has 5 heteroatoms. The van der Waals surface area contributed by atoms with Crippen LogP contribution in [-0.4, -0.2) is 29.9 Å². The van der Waals surface area contributed by atoms with Crippen molar-refractivity contribution in [1.82, 2.24) is 4.90 Å². The van der Waals surface area contributed by atoms with Crippen molar-refractivity contribution in [3.8, 4) is 0 Å². The number of esters is 1. The quantitative estimate of drug-likeness (QED) is 0.818. The number of cyclic esters (lactones) is 1. The number of carbonyl (C=O) groups is 2. The number of benzene rings is 1. The third-order valence-corrected chi connectivity index (χ3v) is 4.28. The zero-order valence-electron chi connectivity index (χ0n) is 11.6. The van der Waals surface area contributed by atoms with Gasteiger partial charge in [0.05, 0.1) is 5.56 Å². The molecule has 0 spiro atoms. The van der Waals surface area contributed by atoms with Gasteiger partial charge in [0.25, 0.3) is 5.91 Å². The van der Waals surface area contributed by atoms with Crippen LogP contribution in [0.5, 0.6) is 0 Å². The number of hydrogen-bond acceptors (Lipinski definition) is 4. The van der Waals surface area contributed by atoms with Crippen LogP contribution in [0.1, 0.15) is 21.5 Å². The normalized spacial score (nSPS) is 17.0. The van der Waals surface area contributed by atoms with Crippen molar-refractivity contribution in [3.63, 3.8) is 0 Å². The summed E-state index contributed by atoms with van der Waals surface area (Å²) < 4.78 is 5.29. The highest BCUT2D eigenvalue weighted by atomic mass is 32.1. The predicted molar refractivity (Wildman–Crippen MR) is 80.1 cm³/mol. The Hall–Kier alpha value is -2.14. The number of nitrogens with zero attached hydrogens (tertiary/aromatic N) is 1. The summed E-state index contributed by atoms with van der Waals surface area (Å²) in [5.74, 6) is -0.580. The van der Waals surface area contributed by atoms with Gasteiger partial charge in [-0.3, -0.25) is 4.79 Å². The van der Waals surface area contributed by atoms with Gasteiger partial charge in [-0.15, -0.1) is 0 Å². The molecule has 0 saturated carbocycles. The molecule has 0 saturated heterocycles. The van der Waals surface area contributed by atoms with Crippen LogP contribution in [0, 0.1) is 0 Å². The summed E-state index contributed by atoms with van der Waals surface area (Å²) in [5, 5.41) is 3.98. The van der Waals surface area contributed by atoms with Gasteiger partial charge < -0.3 is 9.64 Å². The SMILES string of the molecule is CN(Cc1ccsc1)C(=O)C1Cc2ccccc2C(=O)O1. The largest absolute Gasteiger partial charge is 0.448 e. The smallest absolute Gasteiger partial charge is 0.339 e. The number of amides is 1. The van der Waals surface area contributed by atoms with E-state index in [-0.39, 0.29) is 5.91 Å². The molecular weight excluding hydrogens is 286 g/mol. The van der Waals surface area contributed by atoms with E-state index in [1.165, 1.54) is 0 Å². The van der Waals surface area contributed by atoms with Crippen molar-refractivity contribution in [2.45, 2.75) is 19.1 Å². The van der Waals surface area contributed by atoms with Crippen molar-refractivity contribution in [2.75, 3.05) is 7.05 Å². The second-order valence-electron chi connectivity index (χ2n) is 5.08. The van der Waals surface area contributed by atoms with Gasteiger partial charge >= 0.3 is 5.97 Å². The molecule has 1 atom stereocenters. The van der Waals surface area contributed by atoms with Crippen molar-refractivity contribution >= 4 is 23.2 Å². The van der Waals surface area contributed by atoms with Gasteiger partial charge in [-0.05, 0) is 34.0 Å². The van der Waals surface area contributed by atoms with Crippen molar-refractivity contribution in [3.05, 3.63) is 57.8 Å². The van der Waals surface area contributed by atoms with E-state index in [1.54, 1.807) is 35.4 Å². The molecule has 0 aliphatic carbocycles. The minimum Gasteiger partial charge on any atom is -0.448 e. The van der Waals surface area contributed by atoms with E-state index >= 15 is 0 Å². The minimum absolute atomic E-state index is 0.163. The molecule has 1 aromatic carbocycles. The number of rotatable bonds is 3. The van der Waals surface area contributed by atoms with Crippen LogP contribution in [0.25, 0.3) is 0 Å². The molecule has 1 unspecified atom stereocenters. The highest BCUT2D eigenvalue weighted by Crippen LogP contribution is 2.22. The monoisotopic (exact) mass is 301 g/mol.